The molecule has 0 bridgehead atoms. The fourth-order valence-electron chi connectivity index (χ4n) is 2.45. The monoisotopic (exact) mass is 290 g/mol. The first-order valence-corrected chi connectivity index (χ1v) is 7.74. The van der Waals surface area contributed by atoms with Crippen LogP contribution in [-0.2, 0) is 11.2 Å². The Bertz CT molecular complexity index is 530. The number of aryl methyl sites for hydroxylation is 1. The molecule has 2 aromatic rings. The highest BCUT2D eigenvalue weighted by Crippen LogP contribution is 2.22. The summed E-state index contributed by atoms with van der Waals surface area (Å²) in [7, 11) is 0. The Balaban J connectivity index is 1.46. The molecule has 0 aromatic carbocycles. The first kappa shape index (κ1) is 13.2. The molecule has 3 heterocycles. The van der Waals surface area contributed by atoms with Gasteiger partial charge in [-0.05, 0) is 23.9 Å². The number of carbonyl (C=O) groups excluding carboxylic acids is 1. The number of rotatable bonds is 4. The van der Waals surface area contributed by atoms with Gasteiger partial charge in [-0.25, -0.2) is 4.98 Å². The average Bonchev–Trinajstić information content (AvgIpc) is 3.18. The Labute approximate surface area is 122 Å². The molecule has 0 saturated carbocycles. The van der Waals surface area contributed by atoms with Crippen molar-refractivity contribution >= 4 is 22.2 Å². The number of imidazole rings is 1. The van der Waals surface area contributed by atoms with Gasteiger partial charge in [0.15, 0.2) is 0 Å². The third-order valence-corrected chi connectivity index (χ3v) is 4.54. The summed E-state index contributed by atoms with van der Waals surface area (Å²) in [6, 6.07) is 4.21. The van der Waals surface area contributed by atoms with Gasteiger partial charge in [0.25, 0.3) is 0 Å². The topological polar surface area (TPSA) is 52.2 Å². The summed E-state index contributed by atoms with van der Waals surface area (Å²) in [5, 5.41) is 3.40. The van der Waals surface area contributed by atoms with Crippen LogP contribution in [0.15, 0.2) is 30.0 Å². The lowest BCUT2D eigenvalue weighted by molar-refractivity contribution is -0.131. The van der Waals surface area contributed by atoms with E-state index in [1.807, 2.05) is 4.90 Å². The summed E-state index contributed by atoms with van der Waals surface area (Å²) in [6.07, 6.45) is 4.73. The van der Waals surface area contributed by atoms with E-state index in [4.69, 9.17) is 0 Å². The van der Waals surface area contributed by atoms with E-state index in [1.165, 1.54) is 5.00 Å². The summed E-state index contributed by atoms with van der Waals surface area (Å²) < 4.78 is 0. The van der Waals surface area contributed by atoms with Crippen molar-refractivity contribution in [2.24, 2.45) is 0 Å². The maximum absolute atomic E-state index is 12.2. The lowest BCUT2D eigenvalue weighted by atomic mass is 10.2. The molecule has 3 rings (SSSR count). The van der Waals surface area contributed by atoms with Gasteiger partial charge in [0.2, 0.25) is 5.91 Å². The van der Waals surface area contributed by atoms with Crippen molar-refractivity contribution < 1.29 is 4.79 Å². The van der Waals surface area contributed by atoms with E-state index in [-0.39, 0.29) is 5.91 Å². The Morgan fingerprint density at radius 2 is 2.20 bits per heavy atom. The molecule has 1 fully saturated rings. The van der Waals surface area contributed by atoms with Crippen molar-refractivity contribution in [1.29, 1.82) is 0 Å². The Morgan fingerprint density at radius 1 is 1.35 bits per heavy atom. The first-order valence-electron chi connectivity index (χ1n) is 6.86. The van der Waals surface area contributed by atoms with Gasteiger partial charge in [0, 0.05) is 44.5 Å². The van der Waals surface area contributed by atoms with Crippen LogP contribution in [0, 0.1) is 0 Å². The molecule has 1 aliphatic rings. The minimum Gasteiger partial charge on any atom is -0.360 e. The molecule has 0 radical (unpaired) electrons. The van der Waals surface area contributed by atoms with E-state index < -0.39 is 0 Å². The summed E-state index contributed by atoms with van der Waals surface area (Å²) in [4.78, 5) is 23.5. The number of hydrogen-bond donors (Lipinski definition) is 1. The second kappa shape index (κ2) is 6.09. The van der Waals surface area contributed by atoms with Crippen molar-refractivity contribution in [3.05, 3.63) is 35.7 Å². The van der Waals surface area contributed by atoms with Crippen molar-refractivity contribution in [2.45, 2.75) is 12.8 Å². The average molecular weight is 290 g/mol. The van der Waals surface area contributed by atoms with Crippen LogP contribution in [0.25, 0.3) is 0 Å². The smallest absolute Gasteiger partial charge is 0.223 e. The molecule has 0 aliphatic carbocycles. The van der Waals surface area contributed by atoms with Gasteiger partial charge in [0.1, 0.15) is 0 Å². The maximum atomic E-state index is 12.2. The molecule has 1 amide bonds. The number of nitrogens with zero attached hydrogens (tertiary/aromatic N) is 3. The van der Waals surface area contributed by atoms with E-state index in [2.05, 4.69) is 32.4 Å². The van der Waals surface area contributed by atoms with Crippen LogP contribution in [-0.4, -0.2) is 47.0 Å². The number of aromatic nitrogens is 2. The largest absolute Gasteiger partial charge is 0.360 e. The molecule has 1 saturated heterocycles. The van der Waals surface area contributed by atoms with Crippen molar-refractivity contribution in [3.8, 4) is 0 Å². The molecule has 106 valence electrons. The third kappa shape index (κ3) is 3.01. The van der Waals surface area contributed by atoms with Crippen LogP contribution in [0.4, 0.5) is 5.00 Å². The zero-order chi connectivity index (χ0) is 13.8. The van der Waals surface area contributed by atoms with Gasteiger partial charge >= 0.3 is 0 Å². The molecule has 0 spiro atoms. The fourth-order valence-corrected chi connectivity index (χ4v) is 3.23. The zero-order valence-electron chi connectivity index (χ0n) is 11.3. The van der Waals surface area contributed by atoms with Crippen molar-refractivity contribution in [2.75, 3.05) is 31.1 Å². The van der Waals surface area contributed by atoms with Crippen LogP contribution in [0.3, 0.4) is 0 Å². The number of amides is 1. The Morgan fingerprint density at radius 3 is 2.85 bits per heavy atom. The summed E-state index contributed by atoms with van der Waals surface area (Å²) in [5.74, 6) is 0.241. The molecule has 0 unspecified atom stereocenters. The predicted molar refractivity (Wildman–Crippen MR) is 80.0 cm³/mol. The second-order valence-corrected chi connectivity index (χ2v) is 5.82. The minimum absolute atomic E-state index is 0.241. The third-order valence-electron chi connectivity index (χ3n) is 3.61. The van der Waals surface area contributed by atoms with Crippen LogP contribution in [0.2, 0.25) is 0 Å². The number of H-pyrrole nitrogens is 1. The number of hydrogen-bond acceptors (Lipinski definition) is 4. The van der Waals surface area contributed by atoms with Crippen LogP contribution in [0.5, 0.6) is 0 Å². The van der Waals surface area contributed by atoms with Crippen molar-refractivity contribution in [3.63, 3.8) is 0 Å². The quantitative estimate of drug-likeness (QED) is 0.933. The maximum Gasteiger partial charge on any atom is 0.223 e. The highest BCUT2D eigenvalue weighted by atomic mass is 32.1. The number of piperazine rings is 1. The Kier molecular flexibility index (Phi) is 4.01. The fraction of sp³-hybridized carbons (Fsp3) is 0.429. The number of aromatic amines is 1. The summed E-state index contributed by atoms with van der Waals surface area (Å²) >= 11 is 1.76. The molecular weight excluding hydrogens is 272 g/mol. The van der Waals surface area contributed by atoms with Gasteiger partial charge in [-0.3, -0.25) is 4.79 Å². The number of anilines is 1. The highest BCUT2D eigenvalue weighted by Gasteiger charge is 2.21. The van der Waals surface area contributed by atoms with E-state index in [0.717, 1.165) is 38.3 Å². The molecule has 6 heteroatoms. The molecule has 0 atom stereocenters. The second-order valence-electron chi connectivity index (χ2n) is 4.90. The standard InChI is InChI=1S/C14H18N4OS/c19-13(4-3-12-10-15-11-16-12)17-5-7-18(8-6-17)14-2-1-9-20-14/h1-2,9-11H,3-8H2,(H,15,16). The van der Waals surface area contributed by atoms with Gasteiger partial charge in [0.05, 0.1) is 11.3 Å². The molecule has 1 N–H and O–H groups in total. The van der Waals surface area contributed by atoms with Gasteiger partial charge in [-0.2, -0.15) is 0 Å². The van der Waals surface area contributed by atoms with Crippen LogP contribution < -0.4 is 4.90 Å². The predicted octanol–water partition coefficient (Wildman–Crippen LogP) is 1.75. The lowest BCUT2D eigenvalue weighted by Gasteiger charge is -2.35. The molecular formula is C14H18N4OS. The van der Waals surface area contributed by atoms with Gasteiger partial charge < -0.3 is 14.8 Å². The molecule has 1 aliphatic heterocycles. The SMILES string of the molecule is O=C(CCc1cnc[nH]1)N1CCN(c2cccs2)CC1. The van der Waals surface area contributed by atoms with Gasteiger partial charge in [-0.15, -0.1) is 11.3 Å². The highest BCUT2D eigenvalue weighted by molar-refractivity contribution is 7.14. The zero-order valence-corrected chi connectivity index (χ0v) is 12.1. The van der Waals surface area contributed by atoms with Crippen LogP contribution in [0.1, 0.15) is 12.1 Å². The van der Waals surface area contributed by atoms with Crippen LogP contribution >= 0.6 is 11.3 Å². The normalized spacial score (nSPS) is 15.6. The van der Waals surface area contributed by atoms with E-state index >= 15 is 0 Å². The lowest BCUT2D eigenvalue weighted by Crippen LogP contribution is -2.48. The molecule has 20 heavy (non-hydrogen) atoms. The summed E-state index contributed by atoms with van der Waals surface area (Å²) in [5.41, 5.74) is 1.02. The van der Waals surface area contributed by atoms with Crippen molar-refractivity contribution in [1.82, 2.24) is 14.9 Å². The number of thiophene rings is 1. The first-order chi connectivity index (χ1) is 9.83. The van der Waals surface area contributed by atoms with E-state index in [0.29, 0.717) is 6.42 Å². The summed E-state index contributed by atoms with van der Waals surface area (Å²) in [6.45, 7) is 3.49. The molecule has 2 aromatic heterocycles. The molecule has 5 nitrogen and oxygen atoms in total. The van der Waals surface area contributed by atoms with E-state index in [1.54, 1.807) is 23.9 Å². The van der Waals surface area contributed by atoms with Gasteiger partial charge in [-0.1, -0.05) is 0 Å². The Hall–Kier alpha value is -1.82. The minimum atomic E-state index is 0.241. The number of carbonyl (C=O) groups is 1. The number of nitrogens with one attached hydrogen (secondary N) is 1. The van der Waals surface area contributed by atoms with E-state index in [9.17, 15) is 4.79 Å².